The van der Waals surface area contributed by atoms with Gasteiger partial charge in [0, 0.05) is 39.1 Å². The Kier molecular flexibility index (Phi) is 6.03. The number of carbonyl (C=O) groups excluding carboxylic acids is 3. The number of rotatable bonds is 8. The lowest BCUT2D eigenvalue weighted by Crippen LogP contribution is -2.62. The highest BCUT2D eigenvalue weighted by molar-refractivity contribution is 6.10. The molecule has 0 spiro atoms. The molecule has 2 heterocycles. The molecule has 1 aromatic carbocycles. The Balaban J connectivity index is 1.66. The van der Waals surface area contributed by atoms with Crippen molar-refractivity contribution < 1.29 is 19.1 Å². The monoisotopic (exact) mass is 387 g/mol. The summed E-state index contributed by atoms with van der Waals surface area (Å²) in [6.45, 7) is 4.93. The van der Waals surface area contributed by atoms with Crippen LogP contribution in [0, 0.1) is 0 Å². The number of nitrogens with one attached hydrogen (secondary N) is 1. The van der Waals surface area contributed by atoms with Crippen LogP contribution in [0.4, 0.5) is 5.69 Å². The molecule has 1 fully saturated rings. The normalized spacial score (nSPS) is 22.1. The molecule has 1 saturated heterocycles. The molecule has 7 nitrogen and oxygen atoms in total. The molecular weight excluding hydrogens is 358 g/mol. The number of hydrogen-bond acceptors (Lipinski definition) is 4. The average Bonchev–Trinajstić information content (AvgIpc) is 2.98. The van der Waals surface area contributed by atoms with Crippen LogP contribution in [0.15, 0.2) is 24.3 Å². The third-order valence-electron chi connectivity index (χ3n) is 5.69. The van der Waals surface area contributed by atoms with Crippen molar-refractivity contribution >= 4 is 23.4 Å². The van der Waals surface area contributed by atoms with E-state index < -0.39 is 5.66 Å². The molecule has 2 unspecified atom stereocenters. The van der Waals surface area contributed by atoms with Crippen LogP contribution in [0.25, 0.3) is 0 Å². The highest BCUT2D eigenvalue weighted by Gasteiger charge is 2.52. The molecule has 1 N–H and O–H groups in total. The van der Waals surface area contributed by atoms with Crippen molar-refractivity contribution in [1.82, 2.24) is 10.2 Å². The van der Waals surface area contributed by atoms with E-state index in [1.165, 1.54) is 0 Å². The van der Waals surface area contributed by atoms with Gasteiger partial charge in [-0.25, -0.2) is 0 Å². The van der Waals surface area contributed by atoms with Gasteiger partial charge in [0.15, 0.2) is 0 Å². The van der Waals surface area contributed by atoms with Crippen LogP contribution in [0.5, 0.6) is 0 Å². The molecule has 2 atom stereocenters. The van der Waals surface area contributed by atoms with Crippen molar-refractivity contribution in [3.8, 4) is 0 Å². The van der Waals surface area contributed by atoms with Gasteiger partial charge in [-0.15, -0.1) is 0 Å². The van der Waals surface area contributed by atoms with Gasteiger partial charge in [-0.1, -0.05) is 12.1 Å². The predicted octanol–water partition coefficient (Wildman–Crippen LogP) is 2.31. The van der Waals surface area contributed by atoms with E-state index in [1.54, 1.807) is 23.0 Å². The fraction of sp³-hybridized carbons (Fsp3) is 0.571. The number of nitrogens with zero attached hydrogens (tertiary/aromatic N) is 2. The van der Waals surface area contributed by atoms with Crippen LogP contribution in [0.3, 0.4) is 0 Å². The van der Waals surface area contributed by atoms with Gasteiger partial charge < -0.3 is 15.0 Å². The molecule has 0 aliphatic carbocycles. The van der Waals surface area contributed by atoms with E-state index in [4.69, 9.17) is 4.74 Å². The first-order valence-electron chi connectivity index (χ1n) is 9.91. The molecule has 0 saturated carbocycles. The van der Waals surface area contributed by atoms with E-state index >= 15 is 0 Å². The lowest BCUT2D eigenvalue weighted by atomic mass is 9.98. The minimum absolute atomic E-state index is 0.0297. The zero-order valence-corrected chi connectivity index (χ0v) is 16.9. The molecule has 0 radical (unpaired) electrons. The Labute approximate surface area is 166 Å². The number of hydrogen-bond donors (Lipinski definition) is 1. The summed E-state index contributed by atoms with van der Waals surface area (Å²) in [5, 5.41) is 2.96. The molecular formula is C21H29N3O4. The number of ether oxygens (including phenoxy) is 1. The summed E-state index contributed by atoms with van der Waals surface area (Å²) < 4.78 is 5.03. The van der Waals surface area contributed by atoms with Crippen LogP contribution in [0.2, 0.25) is 0 Å². The zero-order valence-electron chi connectivity index (χ0n) is 16.9. The third kappa shape index (κ3) is 3.76. The number of methoxy groups -OCH3 is 1. The summed E-state index contributed by atoms with van der Waals surface area (Å²) >= 11 is 0. The molecule has 7 heteroatoms. The van der Waals surface area contributed by atoms with Crippen LogP contribution in [-0.4, -0.2) is 54.6 Å². The standard InChI is InChI=1S/C21H29N3O4/c1-15(11-14-28-3)22-18(25)9-6-13-23-20(27)16-7-4-5-8-17(16)24-19(26)10-12-21(23,24)2/h4-5,7-8,15H,6,9-14H2,1-3H3,(H,22,25). The molecule has 1 aromatic rings. The second-order valence-corrected chi connectivity index (χ2v) is 7.77. The van der Waals surface area contributed by atoms with Crippen LogP contribution in [-0.2, 0) is 14.3 Å². The maximum atomic E-state index is 13.1. The fourth-order valence-corrected chi connectivity index (χ4v) is 4.15. The molecule has 3 rings (SSSR count). The smallest absolute Gasteiger partial charge is 0.257 e. The van der Waals surface area contributed by atoms with Gasteiger partial charge in [-0.05, 0) is 45.2 Å². The number of fused-ring (bicyclic) bond motifs is 3. The van der Waals surface area contributed by atoms with E-state index in [0.29, 0.717) is 50.1 Å². The van der Waals surface area contributed by atoms with Crippen molar-refractivity contribution in [1.29, 1.82) is 0 Å². The zero-order chi connectivity index (χ0) is 20.3. The second-order valence-electron chi connectivity index (χ2n) is 7.77. The van der Waals surface area contributed by atoms with Gasteiger partial charge in [0.2, 0.25) is 11.8 Å². The lowest BCUT2D eigenvalue weighted by Gasteiger charge is -2.48. The summed E-state index contributed by atoms with van der Waals surface area (Å²) in [5.74, 6) is -0.0620. The van der Waals surface area contributed by atoms with Gasteiger partial charge >= 0.3 is 0 Å². The Morgan fingerprint density at radius 1 is 1.32 bits per heavy atom. The van der Waals surface area contributed by atoms with Crippen molar-refractivity contribution in [2.24, 2.45) is 0 Å². The van der Waals surface area contributed by atoms with E-state index in [1.807, 2.05) is 32.0 Å². The van der Waals surface area contributed by atoms with E-state index in [0.717, 1.165) is 6.42 Å². The summed E-state index contributed by atoms with van der Waals surface area (Å²) in [4.78, 5) is 41.4. The average molecular weight is 387 g/mol. The van der Waals surface area contributed by atoms with Crippen molar-refractivity contribution in [3.63, 3.8) is 0 Å². The first-order chi connectivity index (χ1) is 13.4. The number of anilines is 1. The Morgan fingerprint density at radius 3 is 2.82 bits per heavy atom. The number of amides is 3. The number of para-hydroxylation sites is 1. The number of carbonyl (C=O) groups is 3. The first-order valence-corrected chi connectivity index (χ1v) is 9.91. The first kappa shape index (κ1) is 20.3. The third-order valence-corrected chi connectivity index (χ3v) is 5.69. The topological polar surface area (TPSA) is 79.0 Å². The molecule has 2 aliphatic heterocycles. The van der Waals surface area contributed by atoms with Crippen LogP contribution >= 0.6 is 0 Å². The van der Waals surface area contributed by atoms with Gasteiger partial charge in [0.25, 0.3) is 5.91 Å². The molecule has 28 heavy (non-hydrogen) atoms. The summed E-state index contributed by atoms with van der Waals surface area (Å²) in [7, 11) is 1.64. The second kappa shape index (κ2) is 8.31. The summed E-state index contributed by atoms with van der Waals surface area (Å²) in [6.07, 6.45) is 2.68. The van der Waals surface area contributed by atoms with Crippen molar-refractivity contribution in [3.05, 3.63) is 29.8 Å². The fourth-order valence-electron chi connectivity index (χ4n) is 4.15. The van der Waals surface area contributed by atoms with Crippen molar-refractivity contribution in [2.45, 2.75) is 57.7 Å². The van der Waals surface area contributed by atoms with E-state index in [-0.39, 0.29) is 23.8 Å². The molecule has 152 valence electrons. The van der Waals surface area contributed by atoms with Crippen molar-refractivity contribution in [2.75, 3.05) is 25.2 Å². The minimum Gasteiger partial charge on any atom is -0.385 e. The van der Waals surface area contributed by atoms with Gasteiger partial charge in [0.1, 0.15) is 5.66 Å². The summed E-state index contributed by atoms with van der Waals surface area (Å²) in [5.41, 5.74) is 0.580. The van der Waals surface area contributed by atoms with Crippen LogP contribution in [0.1, 0.15) is 56.3 Å². The summed E-state index contributed by atoms with van der Waals surface area (Å²) in [6, 6.07) is 7.31. The SMILES string of the molecule is COCCC(C)NC(=O)CCCN1C(=O)c2ccccc2N2C(=O)CCC12C. The molecule has 0 bridgehead atoms. The quantitative estimate of drug-likeness (QED) is 0.742. The Hall–Kier alpha value is -2.41. The maximum Gasteiger partial charge on any atom is 0.257 e. The van der Waals surface area contributed by atoms with Gasteiger partial charge in [-0.2, -0.15) is 0 Å². The lowest BCUT2D eigenvalue weighted by molar-refractivity contribution is -0.122. The number of benzene rings is 1. The van der Waals surface area contributed by atoms with Gasteiger partial charge in [-0.3, -0.25) is 19.3 Å². The molecule has 3 amide bonds. The minimum atomic E-state index is -0.662. The highest BCUT2D eigenvalue weighted by Crippen LogP contribution is 2.43. The Morgan fingerprint density at radius 2 is 2.07 bits per heavy atom. The predicted molar refractivity (Wildman–Crippen MR) is 106 cm³/mol. The Bertz CT molecular complexity index is 766. The largest absolute Gasteiger partial charge is 0.385 e. The highest BCUT2D eigenvalue weighted by atomic mass is 16.5. The van der Waals surface area contributed by atoms with E-state index in [2.05, 4.69) is 5.32 Å². The van der Waals surface area contributed by atoms with Gasteiger partial charge in [0.05, 0.1) is 11.3 Å². The maximum absolute atomic E-state index is 13.1. The van der Waals surface area contributed by atoms with Crippen LogP contribution < -0.4 is 10.2 Å². The molecule has 2 aliphatic rings. The van der Waals surface area contributed by atoms with E-state index in [9.17, 15) is 14.4 Å². The molecule has 0 aromatic heterocycles.